The maximum atomic E-state index is 10.6. The van der Waals surface area contributed by atoms with Gasteiger partial charge in [0.15, 0.2) is 0 Å². The molecule has 0 rings (SSSR count). The second-order valence-corrected chi connectivity index (χ2v) is 2.81. The van der Waals surface area contributed by atoms with Crippen molar-refractivity contribution in [3.63, 3.8) is 0 Å². The number of carbonyl (C=O) groups is 1. The molecular weight excluding hydrogens is 230 g/mol. The van der Waals surface area contributed by atoms with E-state index >= 15 is 0 Å². The van der Waals surface area contributed by atoms with Crippen molar-refractivity contribution >= 4 is 5.97 Å². The Labute approximate surface area is 99.4 Å². The van der Waals surface area contributed by atoms with Crippen LogP contribution in [0.15, 0.2) is 5.11 Å². The van der Waals surface area contributed by atoms with Crippen LogP contribution in [0.4, 0.5) is 0 Å². The van der Waals surface area contributed by atoms with E-state index in [0.29, 0.717) is 39.6 Å². The summed E-state index contributed by atoms with van der Waals surface area (Å²) in [7, 11) is 1.30. The van der Waals surface area contributed by atoms with Gasteiger partial charge in [0.2, 0.25) is 0 Å². The molecule has 0 aromatic rings. The van der Waals surface area contributed by atoms with Crippen molar-refractivity contribution in [2.75, 3.05) is 53.3 Å². The molecule has 0 aliphatic heterocycles. The summed E-state index contributed by atoms with van der Waals surface area (Å²) in [6.07, 6.45) is 0. The van der Waals surface area contributed by atoms with Crippen molar-refractivity contribution in [2.24, 2.45) is 5.11 Å². The Bertz CT molecular complexity index is 243. The summed E-state index contributed by atoms with van der Waals surface area (Å²) in [5.74, 6) is -0.411. The molecule has 0 aliphatic carbocycles. The van der Waals surface area contributed by atoms with Gasteiger partial charge in [-0.05, 0) is 5.53 Å². The Balaban J connectivity index is 3.03. The van der Waals surface area contributed by atoms with E-state index in [2.05, 4.69) is 14.8 Å². The van der Waals surface area contributed by atoms with E-state index in [-0.39, 0.29) is 6.61 Å². The third kappa shape index (κ3) is 12.6. The molecule has 8 nitrogen and oxygen atoms in total. The highest BCUT2D eigenvalue weighted by Crippen LogP contribution is 1.83. The highest BCUT2D eigenvalue weighted by Gasteiger charge is 1.98. The monoisotopic (exact) mass is 247 g/mol. The molecule has 98 valence electrons. The Morgan fingerprint density at radius 1 is 1.12 bits per heavy atom. The second kappa shape index (κ2) is 12.7. The van der Waals surface area contributed by atoms with E-state index < -0.39 is 5.97 Å². The Kier molecular flexibility index (Phi) is 11.7. The van der Waals surface area contributed by atoms with Crippen molar-refractivity contribution in [1.29, 1.82) is 0 Å². The molecule has 17 heavy (non-hydrogen) atoms. The van der Waals surface area contributed by atoms with Gasteiger partial charge in [0.25, 0.3) is 0 Å². The fourth-order valence-corrected chi connectivity index (χ4v) is 0.804. The summed E-state index contributed by atoms with van der Waals surface area (Å²) in [5, 5.41) is 3.31. The maximum absolute atomic E-state index is 10.6. The Morgan fingerprint density at radius 2 is 1.71 bits per heavy atom. The van der Waals surface area contributed by atoms with E-state index in [1.165, 1.54) is 7.11 Å². The molecule has 0 aromatic heterocycles. The molecule has 0 radical (unpaired) electrons. The molecule has 0 N–H and O–H groups in total. The van der Waals surface area contributed by atoms with Gasteiger partial charge in [0.1, 0.15) is 6.61 Å². The predicted octanol–water partition coefficient (Wildman–Crippen LogP) is 0.520. The van der Waals surface area contributed by atoms with Crippen LogP contribution in [-0.4, -0.2) is 59.3 Å². The molecule has 0 spiro atoms. The van der Waals surface area contributed by atoms with Crippen LogP contribution >= 0.6 is 0 Å². The number of hydrogen-bond donors (Lipinski definition) is 0. The number of rotatable bonds is 11. The molecule has 0 saturated carbocycles. The average molecular weight is 247 g/mol. The van der Waals surface area contributed by atoms with Crippen LogP contribution in [0.1, 0.15) is 0 Å². The fraction of sp³-hybridized carbons (Fsp3) is 0.889. The van der Waals surface area contributed by atoms with Gasteiger partial charge in [-0.2, -0.15) is 0 Å². The summed E-state index contributed by atoms with van der Waals surface area (Å²) in [6, 6.07) is 0. The second-order valence-electron chi connectivity index (χ2n) is 2.81. The van der Waals surface area contributed by atoms with E-state index in [1.807, 2.05) is 0 Å². The smallest absolute Gasteiger partial charge is 0.331 e. The first kappa shape index (κ1) is 15.7. The molecule has 0 heterocycles. The van der Waals surface area contributed by atoms with Crippen LogP contribution in [0.25, 0.3) is 10.4 Å². The van der Waals surface area contributed by atoms with Gasteiger partial charge in [-0.3, -0.25) is 0 Å². The van der Waals surface area contributed by atoms with Crippen LogP contribution in [0.2, 0.25) is 0 Å². The summed E-state index contributed by atoms with van der Waals surface area (Å²) >= 11 is 0. The molecule has 0 fully saturated rings. The van der Waals surface area contributed by atoms with Crippen molar-refractivity contribution in [3.8, 4) is 0 Å². The molecule has 0 unspecified atom stereocenters. The molecule has 8 heteroatoms. The number of nitrogens with zero attached hydrogens (tertiary/aromatic N) is 3. The number of esters is 1. The van der Waals surface area contributed by atoms with E-state index in [0.717, 1.165) is 0 Å². The molecular formula is C9H17N3O5. The lowest BCUT2D eigenvalue weighted by atomic mass is 10.7. The minimum absolute atomic E-state index is 0.0669. The normalized spacial score (nSPS) is 9.71. The highest BCUT2D eigenvalue weighted by atomic mass is 16.6. The van der Waals surface area contributed by atoms with Gasteiger partial charge < -0.3 is 18.9 Å². The molecule has 0 saturated heterocycles. The SMILES string of the molecule is COC(=O)COCCOCCOCCN=[N+]=[N-]. The lowest BCUT2D eigenvalue weighted by molar-refractivity contribution is -0.146. The Hall–Kier alpha value is -1.34. The zero-order valence-corrected chi connectivity index (χ0v) is 9.83. The average Bonchev–Trinajstić information content (AvgIpc) is 2.35. The van der Waals surface area contributed by atoms with Crippen LogP contribution in [0.3, 0.4) is 0 Å². The van der Waals surface area contributed by atoms with Gasteiger partial charge in [-0.1, -0.05) is 5.11 Å². The van der Waals surface area contributed by atoms with Crippen LogP contribution in [0.5, 0.6) is 0 Å². The zero-order valence-electron chi connectivity index (χ0n) is 9.83. The molecule has 0 bridgehead atoms. The van der Waals surface area contributed by atoms with Crippen molar-refractivity contribution in [3.05, 3.63) is 10.4 Å². The fourth-order valence-electron chi connectivity index (χ4n) is 0.804. The molecule has 0 amide bonds. The highest BCUT2D eigenvalue weighted by molar-refractivity contribution is 5.70. The van der Waals surface area contributed by atoms with Crippen molar-refractivity contribution in [2.45, 2.75) is 0 Å². The van der Waals surface area contributed by atoms with E-state index in [9.17, 15) is 4.79 Å². The Morgan fingerprint density at radius 3 is 2.29 bits per heavy atom. The zero-order chi connectivity index (χ0) is 12.8. The van der Waals surface area contributed by atoms with Gasteiger partial charge in [0.05, 0.1) is 40.1 Å². The first-order valence-electron chi connectivity index (χ1n) is 5.12. The minimum Gasteiger partial charge on any atom is -0.467 e. The summed E-state index contributed by atoms with van der Waals surface area (Å²) < 4.78 is 19.6. The first-order chi connectivity index (χ1) is 8.31. The van der Waals surface area contributed by atoms with E-state index in [4.69, 9.17) is 19.7 Å². The van der Waals surface area contributed by atoms with Gasteiger partial charge in [0, 0.05) is 11.5 Å². The third-order valence-corrected chi connectivity index (χ3v) is 1.59. The topological polar surface area (TPSA) is 103 Å². The van der Waals surface area contributed by atoms with Crippen molar-refractivity contribution in [1.82, 2.24) is 0 Å². The predicted molar refractivity (Wildman–Crippen MR) is 58.5 cm³/mol. The van der Waals surface area contributed by atoms with E-state index in [1.54, 1.807) is 0 Å². The summed E-state index contributed by atoms with van der Waals surface area (Å²) in [6.45, 7) is 2.20. The number of hydrogen-bond acceptors (Lipinski definition) is 6. The minimum atomic E-state index is -0.411. The molecule has 0 aromatic carbocycles. The lowest BCUT2D eigenvalue weighted by Gasteiger charge is -2.05. The summed E-state index contributed by atoms with van der Waals surface area (Å²) in [4.78, 5) is 13.2. The first-order valence-corrected chi connectivity index (χ1v) is 5.12. The third-order valence-electron chi connectivity index (χ3n) is 1.59. The number of methoxy groups -OCH3 is 1. The molecule has 0 aliphatic rings. The maximum Gasteiger partial charge on any atom is 0.331 e. The summed E-state index contributed by atoms with van der Waals surface area (Å²) in [5.41, 5.74) is 7.98. The number of azide groups is 1. The number of carbonyl (C=O) groups excluding carboxylic acids is 1. The van der Waals surface area contributed by atoms with Gasteiger partial charge >= 0.3 is 5.97 Å². The van der Waals surface area contributed by atoms with Crippen LogP contribution < -0.4 is 0 Å². The van der Waals surface area contributed by atoms with Crippen LogP contribution in [0, 0.1) is 0 Å². The quantitative estimate of drug-likeness (QED) is 0.174. The van der Waals surface area contributed by atoms with Gasteiger partial charge in [-0.25, -0.2) is 4.79 Å². The lowest BCUT2D eigenvalue weighted by Crippen LogP contribution is -2.14. The standard InChI is InChI=1S/C9H17N3O5/c1-14-9(13)8-17-7-6-16-5-4-15-3-2-11-12-10/h2-8H2,1H3. The van der Waals surface area contributed by atoms with Crippen LogP contribution in [-0.2, 0) is 23.7 Å². The molecule has 0 atom stereocenters. The largest absolute Gasteiger partial charge is 0.467 e. The van der Waals surface area contributed by atoms with Crippen molar-refractivity contribution < 1.29 is 23.7 Å². The van der Waals surface area contributed by atoms with Gasteiger partial charge in [-0.15, -0.1) is 0 Å². The number of ether oxygens (including phenoxy) is 4.